The number of carboxylic acid groups (broad SMARTS) is 1. The normalized spacial score (nSPS) is 16.1. The predicted octanol–water partition coefficient (Wildman–Crippen LogP) is 1.73. The summed E-state index contributed by atoms with van der Waals surface area (Å²) in [4.78, 5) is 22.7. The van der Waals surface area contributed by atoms with Crippen LogP contribution in [0.15, 0.2) is 18.2 Å². The van der Waals surface area contributed by atoms with Crippen LogP contribution in [0.2, 0.25) is 0 Å². The van der Waals surface area contributed by atoms with Crippen molar-refractivity contribution in [1.29, 1.82) is 0 Å². The highest BCUT2D eigenvalue weighted by Gasteiger charge is 2.50. The molecular weight excluding hydrogens is 237 g/mol. The van der Waals surface area contributed by atoms with E-state index < -0.39 is 11.4 Å². The van der Waals surface area contributed by atoms with Crippen molar-refractivity contribution in [3.63, 3.8) is 0 Å². The number of hydrogen-bond acceptors (Lipinski definition) is 2. The van der Waals surface area contributed by atoms with E-state index in [-0.39, 0.29) is 18.3 Å². The highest BCUT2D eigenvalue weighted by molar-refractivity contribution is 5.94. The van der Waals surface area contributed by atoms with Gasteiger partial charge in [-0.3, -0.25) is 9.59 Å². The summed E-state index contributed by atoms with van der Waals surface area (Å²) in [5.74, 6) is -1.61. The molecule has 0 unspecified atom stereocenters. The Morgan fingerprint density at radius 1 is 1.44 bits per heavy atom. The second-order valence-corrected chi connectivity index (χ2v) is 4.73. The predicted molar refractivity (Wildman–Crippen MR) is 62.8 cm³/mol. The highest BCUT2D eigenvalue weighted by atomic mass is 19.1. The molecule has 5 heteroatoms. The Bertz CT molecular complexity index is 509. The lowest BCUT2D eigenvalue weighted by atomic mass is 10.1. The Morgan fingerprint density at radius 3 is 2.61 bits per heavy atom. The first-order valence-corrected chi connectivity index (χ1v) is 5.72. The van der Waals surface area contributed by atoms with Gasteiger partial charge in [0.2, 0.25) is 0 Å². The summed E-state index contributed by atoms with van der Waals surface area (Å²) in [5, 5.41) is 11.6. The lowest BCUT2D eigenvalue weighted by molar-refractivity contribution is -0.143. The van der Waals surface area contributed by atoms with Gasteiger partial charge in [0, 0.05) is 12.1 Å². The van der Waals surface area contributed by atoms with Crippen LogP contribution in [-0.2, 0) is 4.79 Å². The van der Waals surface area contributed by atoms with Gasteiger partial charge in [-0.15, -0.1) is 0 Å². The molecule has 0 atom stereocenters. The van der Waals surface area contributed by atoms with Crippen molar-refractivity contribution in [1.82, 2.24) is 5.32 Å². The third kappa shape index (κ3) is 2.34. The zero-order valence-corrected chi connectivity index (χ0v) is 10.00. The summed E-state index contributed by atoms with van der Waals surface area (Å²) in [7, 11) is 0. The number of carboxylic acids is 1. The van der Waals surface area contributed by atoms with Crippen molar-refractivity contribution >= 4 is 11.9 Å². The number of rotatable bonds is 4. The maximum Gasteiger partial charge on any atom is 0.311 e. The average Bonchev–Trinajstić information content (AvgIpc) is 3.11. The quantitative estimate of drug-likeness (QED) is 0.856. The molecule has 1 fully saturated rings. The van der Waals surface area contributed by atoms with E-state index >= 15 is 0 Å². The molecule has 1 saturated carbocycles. The number of carbonyl (C=O) groups is 2. The van der Waals surface area contributed by atoms with E-state index in [0.717, 1.165) is 0 Å². The van der Waals surface area contributed by atoms with Crippen molar-refractivity contribution in [2.24, 2.45) is 5.41 Å². The van der Waals surface area contributed by atoms with Crippen LogP contribution in [0.1, 0.15) is 28.8 Å². The minimum Gasteiger partial charge on any atom is -0.481 e. The van der Waals surface area contributed by atoms with Crippen molar-refractivity contribution < 1.29 is 19.1 Å². The van der Waals surface area contributed by atoms with Gasteiger partial charge in [0.1, 0.15) is 5.82 Å². The van der Waals surface area contributed by atoms with E-state index in [0.29, 0.717) is 24.0 Å². The SMILES string of the molecule is Cc1cc(C(=O)NCC2(C(=O)O)CC2)ccc1F. The second kappa shape index (κ2) is 4.40. The fourth-order valence-electron chi connectivity index (χ4n) is 1.75. The number of aliphatic carboxylic acids is 1. The molecule has 0 aliphatic heterocycles. The van der Waals surface area contributed by atoms with Crippen LogP contribution in [-0.4, -0.2) is 23.5 Å². The fourth-order valence-corrected chi connectivity index (χ4v) is 1.75. The summed E-state index contributed by atoms with van der Waals surface area (Å²) in [6.45, 7) is 1.70. The lowest BCUT2D eigenvalue weighted by Crippen LogP contribution is -2.34. The molecule has 18 heavy (non-hydrogen) atoms. The van der Waals surface area contributed by atoms with E-state index in [4.69, 9.17) is 5.11 Å². The summed E-state index contributed by atoms with van der Waals surface area (Å²) in [6, 6.07) is 4.07. The summed E-state index contributed by atoms with van der Waals surface area (Å²) < 4.78 is 13.0. The van der Waals surface area contributed by atoms with Gasteiger partial charge in [0.25, 0.3) is 5.91 Å². The minimum absolute atomic E-state index is 0.123. The number of halogens is 1. The molecule has 0 bridgehead atoms. The molecule has 96 valence electrons. The van der Waals surface area contributed by atoms with Crippen LogP contribution >= 0.6 is 0 Å². The van der Waals surface area contributed by atoms with Crippen molar-refractivity contribution in [2.45, 2.75) is 19.8 Å². The maximum absolute atomic E-state index is 13.0. The van der Waals surface area contributed by atoms with Crippen molar-refractivity contribution in [2.75, 3.05) is 6.54 Å². The maximum atomic E-state index is 13.0. The Kier molecular flexibility index (Phi) is 3.07. The van der Waals surface area contributed by atoms with Gasteiger partial charge >= 0.3 is 5.97 Å². The molecule has 0 spiro atoms. The topological polar surface area (TPSA) is 66.4 Å². The summed E-state index contributed by atoms with van der Waals surface area (Å²) in [5.41, 5.74) is -0.0535. The third-order valence-electron chi connectivity index (χ3n) is 3.31. The number of aryl methyl sites for hydroxylation is 1. The van der Waals surface area contributed by atoms with Crippen LogP contribution in [0, 0.1) is 18.2 Å². The fraction of sp³-hybridized carbons (Fsp3) is 0.385. The molecule has 1 aromatic carbocycles. The molecule has 0 saturated heterocycles. The van der Waals surface area contributed by atoms with Crippen molar-refractivity contribution in [3.05, 3.63) is 35.1 Å². The first-order valence-electron chi connectivity index (χ1n) is 5.72. The number of carbonyl (C=O) groups excluding carboxylic acids is 1. The van der Waals surface area contributed by atoms with E-state index in [1.54, 1.807) is 6.92 Å². The molecule has 1 amide bonds. The van der Waals surface area contributed by atoms with Crippen LogP contribution in [0.5, 0.6) is 0 Å². The monoisotopic (exact) mass is 251 g/mol. The standard InChI is InChI=1S/C13H14FNO3/c1-8-6-9(2-3-10(8)14)11(16)15-7-13(4-5-13)12(17)18/h2-3,6H,4-5,7H2,1H3,(H,15,16)(H,17,18). The number of hydrogen-bond donors (Lipinski definition) is 2. The van der Waals surface area contributed by atoms with Crippen molar-refractivity contribution in [3.8, 4) is 0 Å². The van der Waals surface area contributed by atoms with Crippen LogP contribution < -0.4 is 5.32 Å². The Hall–Kier alpha value is -1.91. The lowest BCUT2D eigenvalue weighted by Gasteiger charge is -2.11. The van der Waals surface area contributed by atoms with E-state index in [1.165, 1.54) is 18.2 Å². The van der Waals surface area contributed by atoms with Gasteiger partial charge in [0.05, 0.1) is 5.41 Å². The first-order chi connectivity index (χ1) is 8.44. The molecule has 4 nitrogen and oxygen atoms in total. The molecule has 1 aliphatic rings. The van der Waals surface area contributed by atoms with Gasteiger partial charge in [-0.05, 0) is 43.5 Å². The summed E-state index contributed by atoms with van der Waals surface area (Å²) in [6.07, 6.45) is 1.18. The molecule has 0 aromatic heterocycles. The zero-order valence-electron chi connectivity index (χ0n) is 10.00. The Balaban J connectivity index is 2.00. The first kappa shape index (κ1) is 12.5. The van der Waals surface area contributed by atoms with E-state index in [1.807, 2.05) is 0 Å². The van der Waals surface area contributed by atoms with Crippen LogP contribution in [0.4, 0.5) is 4.39 Å². The average molecular weight is 251 g/mol. The number of benzene rings is 1. The molecule has 0 heterocycles. The Morgan fingerprint density at radius 2 is 2.11 bits per heavy atom. The third-order valence-corrected chi connectivity index (χ3v) is 3.31. The highest BCUT2D eigenvalue weighted by Crippen LogP contribution is 2.45. The zero-order chi connectivity index (χ0) is 13.3. The van der Waals surface area contributed by atoms with Crippen LogP contribution in [0.25, 0.3) is 0 Å². The number of amides is 1. The molecule has 2 N–H and O–H groups in total. The smallest absolute Gasteiger partial charge is 0.311 e. The van der Waals surface area contributed by atoms with Gasteiger partial charge < -0.3 is 10.4 Å². The van der Waals surface area contributed by atoms with Gasteiger partial charge in [-0.25, -0.2) is 4.39 Å². The largest absolute Gasteiger partial charge is 0.481 e. The Labute approximate surface area is 104 Å². The van der Waals surface area contributed by atoms with E-state index in [2.05, 4.69) is 5.32 Å². The number of nitrogens with one attached hydrogen (secondary N) is 1. The van der Waals surface area contributed by atoms with Gasteiger partial charge in [0.15, 0.2) is 0 Å². The molecule has 1 aliphatic carbocycles. The summed E-state index contributed by atoms with van der Waals surface area (Å²) >= 11 is 0. The van der Waals surface area contributed by atoms with Crippen LogP contribution in [0.3, 0.4) is 0 Å². The molecular formula is C13H14FNO3. The minimum atomic E-state index is -0.877. The second-order valence-electron chi connectivity index (χ2n) is 4.73. The molecule has 1 aromatic rings. The molecule has 0 radical (unpaired) electrons. The van der Waals surface area contributed by atoms with Gasteiger partial charge in [-0.2, -0.15) is 0 Å². The molecule has 2 rings (SSSR count). The van der Waals surface area contributed by atoms with Gasteiger partial charge in [-0.1, -0.05) is 0 Å². The van der Waals surface area contributed by atoms with E-state index in [9.17, 15) is 14.0 Å².